The summed E-state index contributed by atoms with van der Waals surface area (Å²) in [5.41, 5.74) is 3.94. The Morgan fingerprint density at radius 1 is 1.00 bits per heavy atom. The molecule has 5 nitrogen and oxygen atoms in total. The van der Waals surface area contributed by atoms with E-state index in [9.17, 15) is 4.79 Å². The van der Waals surface area contributed by atoms with E-state index in [1.54, 1.807) is 17.3 Å². The van der Waals surface area contributed by atoms with Crippen LogP contribution in [0.3, 0.4) is 0 Å². The third-order valence-corrected chi connectivity index (χ3v) is 5.57. The van der Waals surface area contributed by atoms with E-state index >= 15 is 0 Å². The summed E-state index contributed by atoms with van der Waals surface area (Å²) in [6.07, 6.45) is 4.03. The van der Waals surface area contributed by atoms with Gasteiger partial charge in [0.1, 0.15) is 10.7 Å². The number of para-hydroxylation sites is 2. The molecule has 0 radical (unpaired) electrons. The largest absolute Gasteiger partial charge is 0.306 e. The second-order valence-corrected chi connectivity index (χ2v) is 7.11. The molecule has 26 heavy (non-hydrogen) atoms. The van der Waals surface area contributed by atoms with Crippen molar-refractivity contribution in [2.24, 2.45) is 0 Å². The molecule has 4 aromatic rings. The van der Waals surface area contributed by atoms with Crippen LogP contribution in [0.2, 0.25) is 0 Å². The molecule has 0 atom stereocenters. The summed E-state index contributed by atoms with van der Waals surface area (Å²) in [6, 6.07) is 15.9. The van der Waals surface area contributed by atoms with Gasteiger partial charge in [0.2, 0.25) is 0 Å². The Kier molecular flexibility index (Phi) is 3.50. The summed E-state index contributed by atoms with van der Waals surface area (Å²) in [5, 5.41) is 0.718. The molecule has 3 heterocycles. The fraction of sp³-hybridized carbons (Fsp3) is 0.100. The number of fused-ring (bicyclic) bond motifs is 2. The van der Waals surface area contributed by atoms with Gasteiger partial charge < -0.3 is 4.90 Å². The van der Waals surface area contributed by atoms with Crippen molar-refractivity contribution in [2.45, 2.75) is 6.42 Å². The fourth-order valence-corrected chi connectivity index (χ4v) is 4.26. The number of hydrogen-bond donors (Lipinski definition) is 0. The molecule has 2 aromatic carbocycles. The normalized spacial score (nSPS) is 13.2. The Morgan fingerprint density at radius 2 is 1.81 bits per heavy atom. The maximum atomic E-state index is 13.2. The van der Waals surface area contributed by atoms with E-state index in [2.05, 4.69) is 21.0 Å². The Balaban J connectivity index is 1.59. The first-order chi connectivity index (χ1) is 12.8. The number of carbonyl (C=O) groups is 1. The SMILES string of the molecule is O=C(c1nccnc1-c1nc2ccccc2s1)N1CCc2ccccc21. The van der Waals surface area contributed by atoms with E-state index in [1.807, 2.05) is 42.5 Å². The molecule has 0 saturated carbocycles. The van der Waals surface area contributed by atoms with Gasteiger partial charge in [0.05, 0.1) is 10.2 Å². The highest BCUT2D eigenvalue weighted by Crippen LogP contribution is 2.33. The summed E-state index contributed by atoms with van der Waals surface area (Å²) >= 11 is 1.53. The second-order valence-electron chi connectivity index (χ2n) is 6.08. The van der Waals surface area contributed by atoms with Gasteiger partial charge in [-0.05, 0) is 30.2 Å². The van der Waals surface area contributed by atoms with Gasteiger partial charge in [-0.3, -0.25) is 4.79 Å². The Hall–Kier alpha value is -3.12. The third kappa shape index (κ3) is 2.38. The van der Waals surface area contributed by atoms with Crippen LogP contribution < -0.4 is 4.90 Å². The van der Waals surface area contributed by atoms with Gasteiger partial charge >= 0.3 is 0 Å². The number of thiazole rings is 1. The molecule has 6 heteroatoms. The molecule has 1 amide bonds. The number of nitrogens with zero attached hydrogens (tertiary/aromatic N) is 4. The van der Waals surface area contributed by atoms with Crippen molar-refractivity contribution in [1.82, 2.24) is 15.0 Å². The second kappa shape index (κ2) is 6.00. The predicted octanol–water partition coefficient (Wildman–Crippen LogP) is 3.96. The summed E-state index contributed by atoms with van der Waals surface area (Å²) < 4.78 is 1.07. The molecule has 0 saturated heterocycles. The number of rotatable bonds is 2. The number of amides is 1. The first kappa shape index (κ1) is 15.2. The van der Waals surface area contributed by atoms with Crippen molar-refractivity contribution in [2.75, 3.05) is 11.4 Å². The van der Waals surface area contributed by atoms with Crippen LogP contribution in [0.1, 0.15) is 16.1 Å². The molecule has 1 aliphatic rings. The summed E-state index contributed by atoms with van der Waals surface area (Å²) in [5.74, 6) is -0.127. The molecule has 5 rings (SSSR count). The third-order valence-electron chi connectivity index (χ3n) is 4.53. The van der Waals surface area contributed by atoms with Crippen LogP contribution in [-0.4, -0.2) is 27.4 Å². The molecule has 0 fully saturated rings. The molecule has 1 aliphatic heterocycles. The van der Waals surface area contributed by atoms with Gasteiger partial charge in [-0.1, -0.05) is 30.3 Å². The molecule has 126 valence electrons. The van der Waals surface area contributed by atoms with Crippen molar-refractivity contribution >= 4 is 33.1 Å². The van der Waals surface area contributed by atoms with Crippen molar-refractivity contribution in [3.63, 3.8) is 0 Å². The Morgan fingerprint density at radius 3 is 2.73 bits per heavy atom. The van der Waals surface area contributed by atoms with Gasteiger partial charge in [-0.15, -0.1) is 11.3 Å². The van der Waals surface area contributed by atoms with Crippen LogP contribution in [0.25, 0.3) is 20.9 Å². The minimum atomic E-state index is -0.127. The zero-order valence-corrected chi connectivity index (χ0v) is 14.6. The van der Waals surface area contributed by atoms with Crippen molar-refractivity contribution < 1.29 is 4.79 Å². The van der Waals surface area contributed by atoms with Crippen LogP contribution in [0.5, 0.6) is 0 Å². The molecular weight excluding hydrogens is 344 g/mol. The van der Waals surface area contributed by atoms with E-state index in [4.69, 9.17) is 0 Å². The van der Waals surface area contributed by atoms with E-state index in [-0.39, 0.29) is 5.91 Å². The highest BCUT2D eigenvalue weighted by molar-refractivity contribution is 7.21. The van der Waals surface area contributed by atoms with Gasteiger partial charge in [0, 0.05) is 24.6 Å². The molecule has 0 spiro atoms. The number of benzene rings is 2. The molecule has 0 bridgehead atoms. The topological polar surface area (TPSA) is 59.0 Å². The highest BCUT2D eigenvalue weighted by atomic mass is 32.1. The van der Waals surface area contributed by atoms with E-state index < -0.39 is 0 Å². The van der Waals surface area contributed by atoms with Crippen LogP contribution in [-0.2, 0) is 6.42 Å². The summed E-state index contributed by atoms with van der Waals surface area (Å²) in [7, 11) is 0. The maximum Gasteiger partial charge on any atom is 0.279 e. The van der Waals surface area contributed by atoms with E-state index in [1.165, 1.54) is 16.9 Å². The molecular formula is C20H14N4OS. The minimum Gasteiger partial charge on any atom is -0.306 e. The van der Waals surface area contributed by atoms with Gasteiger partial charge in [-0.2, -0.15) is 0 Å². The molecule has 0 aliphatic carbocycles. The zero-order chi connectivity index (χ0) is 17.5. The van der Waals surface area contributed by atoms with Crippen LogP contribution in [0.15, 0.2) is 60.9 Å². The summed E-state index contributed by atoms with van der Waals surface area (Å²) in [6.45, 7) is 0.661. The zero-order valence-electron chi connectivity index (χ0n) is 13.8. The average Bonchev–Trinajstić information content (AvgIpc) is 3.31. The minimum absolute atomic E-state index is 0.127. The van der Waals surface area contributed by atoms with Crippen LogP contribution in [0, 0.1) is 0 Å². The van der Waals surface area contributed by atoms with Crippen molar-refractivity contribution in [3.05, 3.63) is 72.2 Å². The average molecular weight is 358 g/mol. The number of carbonyl (C=O) groups excluding carboxylic acids is 1. The lowest BCUT2D eigenvalue weighted by atomic mass is 10.2. The monoisotopic (exact) mass is 358 g/mol. The van der Waals surface area contributed by atoms with Crippen LogP contribution in [0.4, 0.5) is 5.69 Å². The molecule has 0 N–H and O–H groups in total. The lowest BCUT2D eigenvalue weighted by molar-refractivity contribution is 0.0985. The molecule has 2 aromatic heterocycles. The van der Waals surface area contributed by atoms with E-state index in [0.717, 1.165) is 27.3 Å². The Bertz CT molecular complexity index is 1100. The number of anilines is 1. The van der Waals surface area contributed by atoms with Crippen LogP contribution >= 0.6 is 11.3 Å². The van der Waals surface area contributed by atoms with Crippen molar-refractivity contribution in [1.29, 1.82) is 0 Å². The lowest BCUT2D eigenvalue weighted by Gasteiger charge is -2.17. The predicted molar refractivity (Wildman–Crippen MR) is 102 cm³/mol. The highest BCUT2D eigenvalue weighted by Gasteiger charge is 2.29. The van der Waals surface area contributed by atoms with Gasteiger partial charge in [0.15, 0.2) is 5.69 Å². The number of hydrogen-bond acceptors (Lipinski definition) is 5. The quantitative estimate of drug-likeness (QED) is 0.544. The van der Waals surface area contributed by atoms with Gasteiger partial charge in [0.25, 0.3) is 5.91 Å². The number of aromatic nitrogens is 3. The fourth-order valence-electron chi connectivity index (χ4n) is 3.30. The lowest BCUT2D eigenvalue weighted by Crippen LogP contribution is -2.30. The molecule has 0 unspecified atom stereocenters. The first-order valence-corrected chi connectivity index (χ1v) is 9.19. The van der Waals surface area contributed by atoms with Gasteiger partial charge in [-0.25, -0.2) is 15.0 Å². The van der Waals surface area contributed by atoms with Crippen molar-refractivity contribution in [3.8, 4) is 10.7 Å². The Labute approximate surface area is 154 Å². The smallest absolute Gasteiger partial charge is 0.279 e. The first-order valence-electron chi connectivity index (χ1n) is 8.38. The summed E-state index contributed by atoms with van der Waals surface area (Å²) in [4.78, 5) is 28.4. The van der Waals surface area contributed by atoms with E-state index in [0.29, 0.717) is 17.9 Å². The maximum absolute atomic E-state index is 13.2. The standard InChI is InChI=1S/C20H14N4OS/c25-20(24-12-9-13-5-1-3-7-15(13)24)18-17(21-10-11-22-18)19-23-14-6-2-4-8-16(14)26-19/h1-8,10-11H,9,12H2.